The summed E-state index contributed by atoms with van der Waals surface area (Å²) < 4.78 is 0. The van der Waals surface area contributed by atoms with E-state index in [1.54, 1.807) is 18.0 Å². The Labute approximate surface area is 96.0 Å². The molecule has 1 rings (SSSR count). The molecule has 0 saturated heterocycles. The van der Waals surface area contributed by atoms with Crippen molar-refractivity contribution in [3.8, 4) is 6.07 Å². The van der Waals surface area contributed by atoms with Crippen molar-refractivity contribution < 1.29 is 0 Å². The number of rotatable bonds is 2. The average Bonchev–Trinajstić information content (AvgIpc) is 2.27. The largest absolute Gasteiger partial charge is 0.370 e. The molecule has 0 heterocycles. The number of para-hydroxylation sites is 1. The molecule has 1 aromatic carbocycles. The summed E-state index contributed by atoms with van der Waals surface area (Å²) >= 11 is 0. The Morgan fingerprint density at radius 2 is 2.06 bits per heavy atom. The van der Waals surface area contributed by atoms with Gasteiger partial charge in [-0.1, -0.05) is 12.1 Å². The van der Waals surface area contributed by atoms with E-state index in [1.807, 2.05) is 32.0 Å². The summed E-state index contributed by atoms with van der Waals surface area (Å²) in [4.78, 5) is 5.96. The zero-order chi connectivity index (χ0) is 12.1. The maximum absolute atomic E-state index is 8.97. The van der Waals surface area contributed by atoms with Crippen molar-refractivity contribution in [3.05, 3.63) is 29.8 Å². The van der Waals surface area contributed by atoms with Crippen LogP contribution < -0.4 is 10.6 Å². The number of nitriles is 1. The van der Waals surface area contributed by atoms with Crippen LogP contribution in [-0.2, 0) is 0 Å². The summed E-state index contributed by atoms with van der Waals surface area (Å²) in [5.74, 6) is 0.415. The highest BCUT2D eigenvalue weighted by Crippen LogP contribution is 2.17. The van der Waals surface area contributed by atoms with Crippen LogP contribution in [0.4, 0.5) is 5.69 Å². The average molecular weight is 216 g/mol. The fourth-order valence-electron chi connectivity index (χ4n) is 1.34. The van der Waals surface area contributed by atoms with E-state index in [2.05, 4.69) is 11.1 Å². The normalized spacial score (nSPS) is 11.3. The molecule has 0 bridgehead atoms. The van der Waals surface area contributed by atoms with E-state index in [4.69, 9.17) is 11.0 Å². The van der Waals surface area contributed by atoms with E-state index in [9.17, 15) is 0 Å². The van der Waals surface area contributed by atoms with Gasteiger partial charge in [-0.05, 0) is 26.0 Å². The third-order valence-corrected chi connectivity index (χ3v) is 2.12. The maximum Gasteiger partial charge on any atom is 0.195 e. The van der Waals surface area contributed by atoms with Gasteiger partial charge in [0.2, 0.25) is 0 Å². The molecule has 0 atom stereocenters. The van der Waals surface area contributed by atoms with Crippen molar-refractivity contribution in [2.45, 2.75) is 19.9 Å². The van der Waals surface area contributed by atoms with Gasteiger partial charge in [-0.15, -0.1) is 0 Å². The third-order valence-electron chi connectivity index (χ3n) is 2.12. The fraction of sp³-hybridized carbons (Fsp3) is 0.333. The topological polar surface area (TPSA) is 65.4 Å². The van der Waals surface area contributed by atoms with Crippen LogP contribution in [0.15, 0.2) is 29.3 Å². The predicted molar refractivity (Wildman–Crippen MR) is 66.3 cm³/mol. The van der Waals surface area contributed by atoms with E-state index >= 15 is 0 Å². The van der Waals surface area contributed by atoms with Crippen molar-refractivity contribution in [2.75, 3.05) is 11.9 Å². The molecule has 0 aliphatic carbocycles. The Balaban J connectivity index is 3.06. The first kappa shape index (κ1) is 12.1. The third kappa shape index (κ3) is 2.74. The molecule has 4 nitrogen and oxygen atoms in total. The highest BCUT2D eigenvalue weighted by atomic mass is 15.2. The molecule has 16 heavy (non-hydrogen) atoms. The van der Waals surface area contributed by atoms with Gasteiger partial charge in [0.05, 0.1) is 11.3 Å². The maximum atomic E-state index is 8.97. The van der Waals surface area contributed by atoms with E-state index < -0.39 is 0 Å². The van der Waals surface area contributed by atoms with Crippen molar-refractivity contribution in [2.24, 2.45) is 10.7 Å². The van der Waals surface area contributed by atoms with Crippen molar-refractivity contribution in [3.63, 3.8) is 0 Å². The van der Waals surface area contributed by atoms with Crippen LogP contribution in [0, 0.1) is 11.3 Å². The van der Waals surface area contributed by atoms with Crippen molar-refractivity contribution in [1.82, 2.24) is 0 Å². The van der Waals surface area contributed by atoms with Gasteiger partial charge in [-0.3, -0.25) is 4.99 Å². The van der Waals surface area contributed by atoms with Crippen LogP contribution in [-0.4, -0.2) is 19.0 Å². The molecule has 0 unspecified atom stereocenters. The zero-order valence-corrected chi connectivity index (χ0v) is 9.81. The molecule has 1 aromatic rings. The first-order chi connectivity index (χ1) is 7.56. The summed E-state index contributed by atoms with van der Waals surface area (Å²) in [7, 11) is 1.80. The standard InChI is InChI=1S/C12H16N4/c1-9(2)15-12(14)16(3)11-7-5-4-6-10(11)8-13/h4-7,9H,1-3H3,(H2,14,15). The van der Waals surface area contributed by atoms with E-state index in [0.717, 1.165) is 5.69 Å². The smallest absolute Gasteiger partial charge is 0.195 e. The van der Waals surface area contributed by atoms with E-state index in [0.29, 0.717) is 11.5 Å². The van der Waals surface area contributed by atoms with E-state index in [-0.39, 0.29) is 6.04 Å². The van der Waals surface area contributed by atoms with Crippen LogP contribution >= 0.6 is 0 Å². The summed E-state index contributed by atoms with van der Waals surface area (Å²) in [6.45, 7) is 3.91. The Hall–Kier alpha value is -2.02. The highest BCUT2D eigenvalue weighted by molar-refractivity contribution is 5.95. The Morgan fingerprint density at radius 3 is 2.62 bits per heavy atom. The lowest BCUT2D eigenvalue weighted by Crippen LogP contribution is -2.35. The molecule has 0 spiro atoms. The zero-order valence-electron chi connectivity index (χ0n) is 9.81. The number of guanidine groups is 1. The molecule has 2 N–H and O–H groups in total. The predicted octanol–water partition coefficient (Wildman–Crippen LogP) is 1.72. The molecule has 0 fully saturated rings. The lowest BCUT2D eigenvalue weighted by Gasteiger charge is -2.19. The molecular weight excluding hydrogens is 200 g/mol. The number of nitrogens with two attached hydrogens (primary N) is 1. The SMILES string of the molecule is CC(C)N=C(N)N(C)c1ccccc1C#N. The minimum absolute atomic E-state index is 0.136. The number of anilines is 1. The van der Waals surface area contributed by atoms with Crippen LogP contribution in [0.3, 0.4) is 0 Å². The van der Waals surface area contributed by atoms with Crippen molar-refractivity contribution in [1.29, 1.82) is 5.26 Å². The molecule has 0 saturated carbocycles. The number of hydrogen-bond donors (Lipinski definition) is 1. The first-order valence-corrected chi connectivity index (χ1v) is 5.12. The Bertz CT molecular complexity index is 429. The number of hydrogen-bond acceptors (Lipinski definition) is 2. The van der Waals surface area contributed by atoms with Gasteiger partial charge in [0.1, 0.15) is 6.07 Å². The minimum Gasteiger partial charge on any atom is -0.370 e. The summed E-state index contributed by atoms with van der Waals surface area (Å²) in [6.07, 6.45) is 0. The Morgan fingerprint density at radius 1 is 1.44 bits per heavy atom. The van der Waals surface area contributed by atoms with Crippen LogP contribution in [0.2, 0.25) is 0 Å². The molecular formula is C12H16N4. The van der Waals surface area contributed by atoms with Gasteiger partial charge >= 0.3 is 0 Å². The molecule has 0 radical (unpaired) electrons. The van der Waals surface area contributed by atoms with Gasteiger partial charge in [-0.25, -0.2) is 0 Å². The number of nitrogens with zero attached hydrogens (tertiary/aromatic N) is 3. The van der Waals surface area contributed by atoms with Gasteiger partial charge < -0.3 is 10.6 Å². The van der Waals surface area contributed by atoms with Gasteiger partial charge in [-0.2, -0.15) is 5.26 Å². The lowest BCUT2D eigenvalue weighted by molar-refractivity contribution is 0.828. The number of aliphatic imine (C=N–C) groups is 1. The quantitative estimate of drug-likeness (QED) is 0.604. The van der Waals surface area contributed by atoms with Crippen molar-refractivity contribution >= 4 is 11.6 Å². The second-order valence-electron chi connectivity index (χ2n) is 3.77. The number of benzene rings is 1. The molecule has 0 aliphatic rings. The molecule has 0 aromatic heterocycles. The molecule has 4 heteroatoms. The fourth-order valence-corrected chi connectivity index (χ4v) is 1.34. The van der Waals surface area contributed by atoms with Crippen LogP contribution in [0.5, 0.6) is 0 Å². The summed E-state index contributed by atoms with van der Waals surface area (Å²) in [5, 5.41) is 8.97. The summed E-state index contributed by atoms with van der Waals surface area (Å²) in [6, 6.07) is 9.57. The molecule has 0 aliphatic heterocycles. The van der Waals surface area contributed by atoms with E-state index in [1.165, 1.54) is 0 Å². The first-order valence-electron chi connectivity index (χ1n) is 5.12. The lowest BCUT2D eigenvalue weighted by atomic mass is 10.2. The second-order valence-corrected chi connectivity index (χ2v) is 3.77. The van der Waals surface area contributed by atoms with Gasteiger partial charge in [0.15, 0.2) is 5.96 Å². The Kier molecular flexibility index (Phi) is 3.90. The van der Waals surface area contributed by atoms with Gasteiger partial charge in [0.25, 0.3) is 0 Å². The molecule has 0 amide bonds. The highest BCUT2D eigenvalue weighted by Gasteiger charge is 2.09. The van der Waals surface area contributed by atoms with Crippen LogP contribution in [0.1, 0.15) is 19.4 Å². The molecule has 84 valence electrons. The monoisotopic (exact) mass is 216 g/mol. The second kappa shape index (κ2) is 5.17. The minimum atomic E-state index is 0.136. The van der Waals surface area contributed by atoms with Crippen LogP contribution in [0.25, 0.3) is 0 Å². The van der Waals surface area contributed by atoms with Gasteiger partial charge in [0, 0.05) is 13.1 Å². The summed E-state index contributed by atoms with van der Waals surface area (Å²) in [5.41, 5.74) is 7.20.